The zero-order valence-electron chi connectivity index (χ0n) is 27.6. The Labute approximate surface area is 290 Å². The number of ether oxygens (including phenoxy) is 1. The van der Waals surface area contributed by atoms with E-state index in [2.05, 4.69) is 9.71 Å². The Hall–Kier alpha value is -3.64. The lowest BCUT2D eigenvalue weighted by Gasteiger charge is -2.29. The summed E-state index contributed by atoms with van der Waals surface area (Å²) < 4.78 is 49.4. The molecule has 1 saturated heterocycles. The highest BCUT2D eigenvalue weighted by molar-refractivity contribution is 7.90. The fourth-order valence-corrected chi connectivity index (χ4v) is 9.84. The second-order valence-electron chi connectivity index (χ2n) is 14.3. The zero-order chi connectivity index (χ0) is 34.3. The molecule has 0 unspecified atom stereocenters. The summed E-state index contributed by atoms with van der Waals surface area (Å²) in [6.07, 6.45) is 9.22. The van der Waals surface area contributed by atoms with Crippen LogP contribution in [0, 0.1) is 30.0 Å². The van der Waals surface area contributed by atoms with Crippen LogP contribution in [0.4, 0.5) is 4.39 Å². The molecule has 0 bridgehead atoms. The van der Waals surface area contributed by atoms with Crippen molar-refractivity contribution in [1.29, 1.82) is 0 Å². The number of sulfonamides is 1. The van der Waals surface area contributed by atoms with E-state index in [0.717, 1.165) is 41.5 Å². The lowest BCUT2D eigenvalue weighted by Crippen LogP contribution is -2.46. The molecule has 12 heteroatoms. The van der Waals surface area contributed by atoms with Gasteiger partial charge in [-0.15, -0.1) is 0 Å². The molecule has 1 N–H and O–H groups in total. The first-order chi connectivity index (χ1) is 23.5. The van der Waals surface area contributed by atoms with Crippen LogP contribution in [0.15, 0.2) is 54.6 Å². The van der Waals surface area contributed by atoms with Crippen LogP contribution in [0.1, 0.15) is 75.3 Å². The van der Waals surface area contributed by atoms with E-state index < -0.39 is 44.7 Å². The van der Waals surface area contributed by atoms with Gasteiger partial charge in [-0.3, -0.25) is 19.1 Å². The van der Waals surface area contributed by atoms with E-state index in [0.29, 0.717) is 42.9 Å². The molecule has 3 fully saturated rings. The summed E-state index contributed by atoms with van der Waals surface area (Å²) in [6, 6.07) is 11.4. The molecule has 260 valence electrons. The van der Waals surface area contributed by atoms with Crippen LogP contribution >= 0.6 is 11.3 Å². The van der Waals surface area contributed by atoms with Gasteiger partial charge in [0.05, 0.1) is 33.5 Å². The number of rotatable bonds is 7. The Balaban J connectivity index is 1.18. The number of ketones is 1. The number of fused-ring (bicyclic) bond motifs is 3. The molecule has 0 spiro atoms. The Morgan fingerprint density at radius 3 is 2.76 bits per heavy atom. The van der Waals surface area contributed by atoms with Crippen molar-refractivity contribution in [2.75, 3.05) is 6.54 Å². The first-order valence-corrected chi connectivity index (χ1v) is 19.7. The standard InChI is InChI=1S/C37H42FN3O6S2/c1-23-12-15-30-33(16-23)48-36(39-30)47-28-19-31-32(42)21-37(35(44)40-49(45,46)29-13-14-29)20-26(37)10-6-4-2-3-5-9-25(34(43)41(31)22-28)17-24-8-7-11-27(38)18-24/h6-8,10-12,15-16,18,25-26,28-29,31H,2-5,9,13-14,17,19-22H2,1H3,(H,40,44)/b10-6-/t25-,26+,28-,31+,37-/m1/s1. The highest BCUT2D eigenvalue weighted by atomic mass is 32.2. The highest BCUT2D eigenvalue weighted by Crippen LogP contribution is 2.57. The van der Waals surface area contributed by atoms with Crippen molar-refractivity contribution in [3.8, 4) is 5.19 Å². The molecule has 9 nitrogen and oxygen atoms in total. The number of allylic oxidation sites excluding steroid dienone is 2. The summed E-state index contributed by atoms with van der Waals surface area (Å²) in [5.74, 6) is -2.22. The summed E-state index contributed by atoms with van der Waals surface area (Å²) in [5.41, 5.74) is 1.44. The van der Waals surface area contributed by atoms with Crippen molar-refractivity contribution in [2.45, 2.75) is 94.9 Å². The Bertz CT molecular complexity index is 1910. The van der Waals surface area contributed by atoms with E-state index in [1.807, 2.05) is 43.3 Å². The molecule has 2 saturated carbocycles. The number of hydrogen-bond acceptors (Lipinski definition) is 8. The number of halogens is 1. The van der Waals surface area contributed by atoms with Gasteiger partial charge in [0, 0.05) is 18.8 Å². The minimum absolute atomic E-state index is 0.169. The van der Waals surface area contributed by atoms with E-state index >= 15 is 0 Å². The third kappa shape index (κ3) is 7.45. The van der Waals surface area contributed by atoms with Crippen LogP contribution < -0.4 is 9.46 Å². The van der Waals surface area contributed by atoms with Crippen LogP contribution in [0.5, 0.6) is 5.19 Å². The third-order valence-corrected chi connectivity index (χ3v) is 13.2. The average molecular weight is 708 g/mol. The number of aromatic nitrogens is 1. The van der Waals surface area contributed by atoms with Crippen LogP contribution in [-0.4, -0.2) is 59.8 Å². The van der Waals surface area contributed by atoms with Gasteiger partial charge in [-0.05, 0) is 93.2 Å². The van der Waals surface area contributed by atoms with E-state index in [-0.39, 0.29) is 42.8 Å². The summed E-state index contributed by atoms with van der Waals surface area (Å²) in [6.45, 7) is 2.18. The van der Waals surface area contributed by atoms with Gasteiger partial charge >= 0.3 is 0 Å². The van der Waals surface area contributed by atoms with Crippen molar-refractivity contribution in [3.63, 3.8) is 0 Å². The van der Waals surface area contributed by atoms with Crippen LogP contribution in [-0.2, 0) is 30.8 Å². The van der Waals surface area contributed by atoms with E-state index in [1.54, 1.807) is 11.0 Å². The summed E-state index contributed by atoms with van der Waals surface area (Å²) in [5, 5.41) is -0.112. The van der Waals surface area contributed by atoms with Gasteiger partial charge in [-0.1, -0.05) is 54.5 Å². The minimum Gasteiger partial charge on any atom is -0.465 e. The number of amides is 2. The number of nitrogens with one attached hydrogen (secondary N) is 1. The minimum atomic E-state index is -3.81. The van der Waals surface area contributed by atoms with Gasteiger partial charge in [0.1, 0.15) is 11.9 Å². The molecule has 5 atom stereocenters. The van der Waals surface area contributed by atoms with Crippen molar-refractivity contribution in [2.24, 2.45) is 17.3 Å². The fourth-order valence-electron chi connectivity index (χ4n) is 7.47. The molecule has 1 aromatic heterocycles. The van der Waals surface area contributed by atoms with Gasteiger partial charge in [0.25, 0.3) is 5.19 Å². The Morgan fingerprint density at radius 2 is 1.96 bits per heavy atom. The number of benzene rings is 2. The van der Waals surface area contributed by atoms with Gasteiger partial charge in [0.15, 0.2) is 5.78 Å². The van der Waals surface area contributed by atoms with Crippen molar-refractivity contribution >= 4 is 49.2 Å². The number of thiazole rings is 1. The molecule has 3 aromatic rings. The number of nitrogens with zero attached hydrogens (tertiary/aromatic N) is 2. The lowest BCUT2D eigenvalue weighted by molar-refractivity contribution is -0.142. The first kappa shape index (κ1) is 33.8. The zero-order valence-corrected chi connectivity index (χ0v) is 29.2. The van der Waals surface area contributed by atoms with Gasteiger partial charge in [-0.2, -0.15) is 0 Å². The smallest absolute Gasteiger partial charge is 0.274 e. The maximum atomic E-state index is 14.5. The largest absolute Gasteiger partial charge is 0.465 e. The molecule has 0 radical (unpaired) electrons. The van der Waals surface area contributed by atoms with E-state index in [4.69, 9.17) is 4.74 Å². The van der Waals surface area contributed by atoms with Crippen LogP contribution in [0.3, 0.4) is 0 Å². The molecule has 2 aliphatic carbocycles. The number of aryl methyl sites for hydroxylation is 1. The van der Waals surface area contributed by atoms with Crippen molar-refractivity contribution < 1.29 is 31.9 Å². The second kappa shape index (κ2) is 13.6. The maximum Gasteiger partial charge on any atom is 0.274 e. The van der Waals surface area contributed by atoms with Crippen LogP contribution in [0.2, 0.25) is 0 Å². The molecule has 2 amide bonds. The van der Waals surface area contributed by atoms with Gasteiger partial charge in [-0.25, -0.2) is 17.8 Å². The molecule has 3 heterocycles. The number of carbonyl (C=O) groups is 3. The third-order valence-electron chi connectivity index (χ3n) is 10.5. The van der Waals surface area contributed by atoms with Crippen molar-refractivity contribution in [1.82, 2.24) is 14.6 Å². The molecule has 2 aliphatic heterocycles. The molecule has 49 heavy (non-hydrogen) atoms. The molecular formula is C37H42FN3O6S2. The number of hydrogen-bond donors (Lipinski definition) is 1. The first-order valence-electron chi connectivity index (χ1n) is 17.3. The highest BCUT2D eigenvalue weighted by Gasteiger charge is 2.61. The second-order valence-corrected chi connectivity index (χ2v) is 17.3. The quantitative estimate of drug-likeness (QED) is 0.297. The summed E-state index contributed by atoms with van der Waals surface area (Å²) >= 11 is 1.41. The predicted molar refractivity (Wildman–Crippen MR) is 185 cm³/mol. The van der Waals surface area contributed by atoms with Crippen molar-refractivity contribution in [3.05, 3.63) is 71.6 Å². The normalized spacial score (nSPS) is 28.7. The summed E-state index contributed by atoms with van der Waals surface area (Å²) in [4.78, 5) is 48.8. The van der Waals surface area contributed by atoms with Crippen LogP contribution in [0.25, 0.3) is 10.2 Å². The average Bonchev–Trinajstić information content (AvgIpc) is 3.95. The van der Waals surface area contributed by atoms with E-state index in [9.17, 15) is 27.2 Å². The maximum absolute atomic E-state index is 14.5. The van der Waals surface area contributed by atoms with Gasteiger partial charge in [0.2, 0.25) is 21.8 Å². The molecule has 4 aliphatic rings. The predicted octanol–water partition coefficient (Wildman–Crippen LogP) is 6.05. The van der Waals surface area contributed by atoms with E-state index in [1.165, 1.54) is 23.5 Å². The monoisotopic (exact) mass is 707 g/mol. The SMILES string of the molecule is Cc1ccc2nc(O[C@@H]3C[C@H]4C(=O)C[C@]5(C(=O)NS(=O)(=O)C6CC6)C[C@@H]5/C=C\CCCCC[C@H](Cc5cccc(F)c5)C(=O)N4C3)sc2c1. The number of carbonyl (C=O) groups excluding carboxylic acids is 3. The molecule has 2 aromatic carbocycles. The lowest BCUT2D eigenvalue weighted by atomic mass is 9.90. The molecular weight excluding hydrogens is 666 g/mol. The topological polar surface area (TPSA) is 123 Å². The Morgan fingerprint density at radius 1 is 1.12 bits per heavy atom. The number of Topliss-reactive ketones (excluding diaryl/α,β-unsaturated/α-hetero) is 1. The summed E-state index contributed by atoms with van der Waals surface area (Å²) in [7, 11) is -3.81. The molecule has 7 rings (SSSR count). The van der Waals surface area contributed by atoms with Gasteiger partial charge < -0.3 is 9.64 Å². The Kier molecular flexibility index (Phi) is 9.38. The fraction of sp³-hybridized carbons (Fsp3) is 0.514.